The number of hydrogen-bond acceptors (Lipinski definition) is 2. The fourth-order valence-electron chi connectivity index (χ4n) is 5.71. The predicted octanol–water partition coefficient (Wildman–Crippen LogP) is 4.96. The molecule has 2 fully saturated rings. The molecule has 4 atom stereocenters. The summed E-state index contributed by atoms with van der Waals surface area (Å²) in [5.74, 6) is 2.05. The van der Waals surface area contributed by atoms with Crippen LogP contribution in [-0.4, -0.2) is 11.8 Å². The summed E-state index contributed by atoms with van der Waals surface area (Å²) in [5, 5.41) is 7.52. The summed E-state index contributed by atoms with van der Waals surface area (Å²) >= 11 is 0. The third-order valence-electron chi connectivity index (χ3n) is 6.82. The van der Waals surface area contributed by atoms with E-state index in [9.17, 15) is 0 Å². The molecule has 0 amide bonds. The SMILES string of the molecule is CC1(C)[C@H]2CC[C@H]1[C@H]1[C@H]2C(c2ccccc2)=NN1c1ccccc1. The van der Waals surface area contributed by atoms with Gasteiger partial charge in [0.2, 0.25) is 0 Å². The Kier molecular flexibility index (Phi) is 2.94. The number of hydrazone groups is 1. The van der Waals surface area contributed by atoms with Crippen molar-refractivity contribution in [1.29, 1.82) is 0 Å². The first-order valence-corrected chi connectivity index (χ1v) is 9.16. The normalized spacial score (nSPS) is 32.8. The molecule has 0 N–H and O–H groups in total. The third-order valence-corrected chi connectivity index (χ3v) is 6.82. The fourth-order valence-corrected chi connectivity index (χ4v) is 5.71. The van der Waals surface area contributed by atoms with Gasteiger partial charge in [-0.15, -0.1) is 0 Å². The number of rotatable bonds is 2. The quantitative estimate of drug-likeness (QED) is 0.764. The predicted molar refractivity (Wildman–Crippen MR) is 99.2 cm³/mol. The van der Waals surface area contributed by atoms with Crippen LogP contribution < -0.4 is 5.01 Å². The standard InChI is InChI=1S/C22H24N2/c1-22(2)17-13-14-18(22)21-19(17)20(15-9-5-3-6-10-15)23-24(21)16-11-7-4-8-12-16/h3-12,17-19,21H,13-14H2,1-2H3/t17-,18-,19+,21-/m0/s1. The first-order valence-electron chi connectivity index (χ1n) is 9.16. The van der Waals surface area contributed by atoms with Crippen LogP contribution in [-0.2, 0) is 0 Å². The Hall–Kier alpha value is -2.09. The second kappa shape index (κ2) is 4.95. The van der Waals surface area contributed by atoms with Gasteiger partial charge in [-0.25, -0.2) is 0 Å². The fraction of sp³-hybridized carbons (Fsp3) is 0.409. The molecule has 2 nitrogen and oxygen atoms in total. The van der Waals surface area contributed by atoms with E-state index in [1.807, 2.05) is 0 Å². The molecule has 0 spiro atoms. The highest BCUT2D eigenvalue weighted by Gasteiger charge is 2.64. The van der Waals surface area contributed by atoms with Crippen molar-refractivity contribution in [2.75, 3.05) is 5.01 Å². The average Bonchev–Trinajstić information content (AvgIpc) is 3.21. The van der Waals surface area contributed by atoms with Crippen molar-refractivity contribution < 1.29 is 0 Å². The second-order valence-corrected chi connectivity index (χ2v) is 8.16. The van der Waals surface area contributed by atoms with Crippen molar-refractivity contribution in [2.45, 2.75) is 32.7 Å². The van der Waals surface area contributed by atoms with Crippen molar-refractivity contribution in [3.63, 3.8) is 0 Å². The number of hydrogen-bond donors (Lipinski definition) is 0. The number of anilines is 1. The van der Waals surface area contributed by atoms with Crippen LogP contribution in [0.15, 0.2) is 65.8 Å². The van der Waals surface area contributed by atoms with Gasteiger partial charge in [0.1, 0.15) is 0 Å². The minimum atomic E-state index is 0.415. The summed E-state index contributed by atoms with van der Waals surface area (Å²) in [6.07, 6.45) is 2.70. The molecule has 2 saturated carbocycles. The van der Waals surface area contributed by atoms with Crippen LogP contribution in [0.4, 0.5) is 5.69 Å². The van der Waals surface area contributed by atoms with Gasteiger partial charge in [-0.05, 0) is 47.8 Å². The molecule has 5 rings (SSSR count). The Morgan fingerprint density at radius 3 is 2.21 bits per heavy atom. The van der Waals surface area contributed by atoms with Gasteiger partial charge < -0.3 is 0 Å². The summed E-state index contributed by atoms with van der Waals surface area (Å²) in [5.41, 5.74) is 4.26. The molecule has 2 aliphatic carbocycles. The summed E-state index contributed by atoms with van der Waals surface area (Å²) in [7, 11) is 0. The Labute approximate surface area is 144 Å². The van der Waals surface area contributed by atoms with Gasteiger partial charge in [0, 0.05) is 5.92 Å². The monoisotopic (exact) mass is 316 g/mol. The first-order chi connectivity index (χ1) is 11.7. The van der Waals surface area contributed by atoms with Gasteiger partial charge >= 0.3 is 0 Å². The summed E-state index contributed by atoms with van der Waals surface area (Å²) in [4.78, 5) is 0. The maximum atomic E-state index is 5.17. The van der Waals surface area contributed by atoms with Crippen LogP contribution in [0.3, 0.4) is 0 Å². The van der Waals surface area contributed by atoms with Crippen LogP contribution in [0.5, 0.6) is 0 Å². The van der Waals surface area contributed by atoms with Crippen molar-refractivity contribution in [2.24, 2.45) is 28.3 Å². The van der Waals surface area contributed by atoms with E-state index >= 15 is 0 Å². The Balaban J connectivity index is 1.65. The first kappa shape index (κ1) is 14.3. The molecule has 2 aromatic rings. The molecule has 122 valence electrons. The molecule has 2 heteroatoms. The van der Waals surface area contributed by atoms with E-state index in [2.05, 4.69) is 79.5 Å². The zero-order valence-electron chi connectivity index (χ0n) is 14.4. The van der Waals surface area contributed by atoms with E-state index < -0.39 is 0 Å². The lowest BCUT2D eigenvalue weighted by atomic mass is 9.77. The Morgan fingerprint density at radius 1 is 0.875 bits per heavy atom. The molecule has 0 unspecified atom stereocenters. The topological polar surface area (TPSA) is 15.6 Å². The summed E-state index contributed by atoms with van der Waals surface area (Å²) in [6, 6.07) is 22.1. The van der Waals surface area contributed by atoms with E-state index in [0.717, 1.165) is 11.8 Å². The zero-order chi connectivity index (χ0) is 16.3. The Bertz CT molecular complexity index is 778. The highest BCUT2D eigenvalue weighted by atomic mass is 15.5. The largest absolute Gasteiger partial charge is 0.261 e. The van der Waals surface area contributed by atoms with Gasteiger partial charge in [0.05, 0.1) is 17.4 Å². The van der Waals surface area contributed by atoms with E-state index in [-0.39, 0.29) is 0 Å². The minimum absolute atomic E-state index is 0.415. The van der Waals surface area contributed by atoms with Crippen molar-refractivity contribution >= 4 is 11.4 Å². The molecule has 24 heavy (non-hydrogen) atoms. The smallest absolute Gasteiger partial charge is 0.0737 e. The highest BCUT2D eigenvalue weighted by molar-refractivity contribution is 6.05. The molecule has 2 bridgehead atoms. The average molecular weight is 316 g/mol. The van der Waals surface area contributed by atoms with Crippen molar-refractivity contribution in [3.05, 3.63) is 66.2 Å². The second-order valence-electron chi connectivity index (χ2n) is 8.16. The Morgan fingerprint density at radius 2 is 1.50 bits per heavy atom. The number of para-hydroxylation sites is 1. The minimum Gasteiger partial charge on any atom is -0.261 e. The van der Waals surface area contributed by atoms with Crippen LogP contribution in [0.2, 0.25) is 0 Å². The van der Waals surface area contributed by atoms with Gasteiger partial charge in [-0.1, -0.05) is 62.4 Å². The molecule has 1 aliphatic heterocycles. The zero-order valence-corrected chi connectivity index (χ0v) is 14.4. The van der Waals surface area contributed by atoms with E-state index in [1.165, 1.54) is 29.8 Å². The van der Waals surface area contributed by atoms with E-state index in [1.54, 1.807) is 0 Å². The molecule has 3 aliphatic rings. The number of fused-ring (bicyclic) bond motifs is 5. The molecule has 0 aromatic heterocycles. The van der Waals surface area contributed by atoms with Crippen LogP contribution in [0.25, 0.3) is 0 Å². The lowest BCUT2D eigenvalue weighted by Gasteiger charge is -2.32. The number of nitrogens with zero attached hydrogens (tertiary/aromatic N) is 2. The van der Waals surface area contributed by atoms with E-state index in [4.69, 9.17) is 5.10 Å². The maximum absolute atomic E-state index is 5.17. The van der Waals surface area contributed by atoms with Gasteiger partial charge in [0.25, 0.3) is 0 Å². The van der Waals surface area contributed by atoms with Gasteiger partial charge in [0.15, 0.2) is 0 Å². The maximum Gasteiger partial charge on any atom is 0.0737 e. The molecule has 0 radical (unpaired) electrons. The summed E-state index contributed by atoms with van der Waals surface area (Å²) < 4.78 is 0. The number of benzene rings is 2. The van der Waals surface area contributed by atoms with E-state index in [0.29, 0.717) is 17.4 Å². The van der Waals surface area contributed by atoms with Gasteiger partial charge in [-0.3, -0.25) is 5.01 Å². The summed E-state index contributed by atoms with van der Waals surface area (Å²) in [6.45, 7) is 4.97. The molecule has 0 saturated heterocycles. The molecule has 2 aromatic carbocycles. The van der Waals surface area contributed by atoms with Crippen molar-refractivity contribution in [1.82, 2.24) is 0 Å². The van der Waals surface area contributed by atoms with Crippen LogP contribution in [0.1, 0.15) is 32.3 Å². The lowest BCUT2D eigenvalue weighted by Crippen LogP contribution is -2.38. The van der Waals surface area contributed by atoms with Crippen LogP contribution >= 0.6 is 0 Å². The molecular weight excluding hydrogens is 292 g/mol. The third kappa shape index (κ3) is 1.80. The lowest BCUT2D eigenvalue weighted by molar-refractivity contribution is 0.246. The molecular formula is C22H24N2. The van der Waals surface area contributed by atoms with Crippen molar-refractivity contribution in [3.8, 4) is 0 Å². The highest BCUT2D eigenvalue weighted by Crippen LogP contribution is 2.64. The van der Waals surface area contributed by atoms with Gasteiger partial charge in [-0.2, -0.15) is 5.10 Å². The van der Waals surface area contributed by atoms with Crippen LogP contribution in [0, 0.1) is 23.2 Å². The molecule has 1 heterocycles.